The minimum Gasteiger partial charge on any atom is -0.369 e. The Kier molecular flexibility index (Phi) is 5.54. The predicted molar refractivity (Wildman–Crippen MR) is 81.5 cm³/mol. The number of nitrogens with zero attached hydrogens (tertiary/aromatic N) is 2. The molecule has 0 fully saturated rings. The van der Waals surface area contributed by atoms with Gasteiger partial charge in [0.25, 0.3) is 0 Å². The number of aryl methyl sites for hydroxylation is 1. The summed E-state index contributed by atoms with van der Waals surface area (Å²) < 4.78 is 0. The molecule has 0 amide bonds. The number of nitrogens with two attached hydrogens (primary N) is 1. The van der Waals surface area contributed by atoms with Gasteiger partial charge in [-0.15, -0.1) is 0 Å². The van der Waals surface area contributed by atoms with Crippen LogP contribution in [0, 0.1) is 12.3 Å². The lowest BCUT2D eigenvalue weighted by Crippen LogP contribution is -2.22. The van der Waals surface area contributed by atoms with Crippen LogP contribution in [0.2, 0.25) is 0 Å². The van der Waals surface area contributed by atoms with Gasteiger partial charge < -0.3 is 16.4 Å². The highest BCUT2D eigenvalue weighted by Gasteiger charge is 2.11. The second-order valence-corrected chi connectivity index (χ2v) is 6.22. The van der Waals surface area contributed by atoms with E-state index >= 15 is 0 Å². The first-order chi connectivity index (χ1) is 8.80. The Morgan fingerprint density at radius 2 is 1.89 bits per heavy atom. The van der Waals surface area contributed by atoms with Gasteiger partial charge in [-0.25, -0.2) is 9.97 Å². The van der Waals surface area contributed by atoms with Crippen LogP contribution >= 0.6 is 0 Å². The first-order valence-corrected chi connectivity index (χ1v) is 6.86. The molecule has 108 valence electrons. The van der Waals surface area contributed by atoms with Crippen molar-refractivity contribution in [2.45, 2.75) is 47.1 Å². The molecule has 0 radical (unpaired) electrons. The Balaban J connectivity index is 2.71. The van der Waals surface area contributed by atoms with E-state index in [4.69, 9.17) is 5.73 Å². The quantitative estimate of drug-likeness (QED) is 0.736. The SMILES string of the molecule is Cc1nc(NCC(C)(C)C)cc(NC(C)CCN)n1. The number of anilines is 2. The molecule has 0 saturated heterocycles. The molecule has 0 aliphatic rings. The predicted octanol–water partition coefficient (Wildman–Crippen LogP) is 2.39. The first-order valence-electron chi connectivity index (χ1n) is 6.86. The van der Waals surface area contributed by atoms with E-state index in [1.165, 1.54) is 0 Å². The molecule has 19 heavy (non-hydrogen) atoms. The highest BCUT2D eigenvalue weighted by atomic mass is 15.1. The van der Waals surface area contributed by atoms with E-state index in [2.05, 4.69) is 48.3 Å². The van der Waals surface area contributed by atoms with Crippen LogP contribution in [0.4, 0.5) is 11.6 Å². The third kappa shape index (κ3) is 6.38. The van der Waals surface area contributed by atoms with Crippen molar-refractivity contribution in [2.24, 2.45) is 11.1 Å². The third-order valence-electron chi connectivity index (χ3n) is 2.63. The topological polar surface area (TPSA) is 75.9 Å². The maximum absolute atomic E-state index is 5.55. The summed E-state index contributed by atoms with van der Waals surface area (Å²) in [5.41, 5.74) is 5.77. The molecule has 1 aromatic rings. The molecule has 0 spiro atoms. The van der Waals surface area contributed by atoms with Crippen molar-refractivity contribution in [1.29, 1.82) is 0 Å². The lowest BCUT2D eigenvalue weighted by atomic mass is 9.97. The monoisotopic (exact) mass is 265 g/mol. The van der Waals surface area contributed by atoms with Crippen molar-refractivity contribution in [3.8, 4) is 0 Å². The van der Waals surface area contributed by atoms with Gasteiger partial charge >= 0.3 is 0 Å². The molecule has 5 heteroatoms. The van der Waals surface area contributed by atoms with Crippen LogP contribution in [0.1, 0.15) is 39.9 Å². The summed E-state index contributed by atoms with van der Waals surface area (Å²) in [7, 11) is 0. The maximum Gasteiger partial charge on any atom is 0.132 e. The van der Waals surface area contributed by atoms with Crippen molar-refractivity contribution < 1.29 is 0 Å². The fraction of sp³-hybridized carbons (Fsp3) is 0.714. The van der Waals surface area contributed by atoms with Gasteiger partial charge in [0.2, 0.25) is 0 Å². The van der Waals surface area contributed by atoms with Gasteiger partial charge in [-0.05, 0) is 32.2 Å². The normalized spacial score (nSPS) is 13.2. The number of hydrogen-bond donors (Lipinski definition) is 3. The molecule has 0 aromatic carbocycles. The van der Waals surface area contributed by atoms with Gasteiger partial charge in [0.1, 0.15) is 17.5 Å². The Morgan fingerprint density at radius 1 is 1.26 bits per heavy atom. The van der Waals surface area contributed by atoms with E-state index in [0.717, 1.165) is 30.4 Å². The maximum atomic E-state index is 5.55. The lowest BCUT2D eigenvalue weighted by Gasteiger charge is -2.20. The molecule has 1 rings (SSSR count). The van der Waals surface area contributed by atoms with Gasteiger partial charge in [0.15, 0.2) is 0 Å². The average Bonchev–Trinajstić information content (AvgIpc) is 2.25. The van der Waals surface area contributed by atoms with Gasteiger partial charge in [-0.1, -0.05) is 20.8 Å². The molecule has 5 nitrogen and oxygen atoms in total. The fourth-order valence-corrected chi connectivity index (χ4v) is 1.66. The van der Waals surface area contributed by atoms with Crippen molar-refractivity contribution in [3.05, 3.63) is 11.9 Å². The van der Waals surface area contributed by atoms with Crippen LogP contribution in [0.3, 0.4) is 0 Å². The van der Waals surface area contributed by atoms with E-state index in [9.17, 15) is 0 Å². The Morgan fingerprint density at radius 3 is 2.47 bits per heavy atom. The van der Waals surface area contributed by atoms with Crippen LogP contribution in [0.25, 0.3) is 0 Å². The van der Waals surface area contributed by atoms with Crippen molar-refractivity contribution in [1.82, 2.24) is 9.97 Å². The largest absolute Gasteiger partial charge is 0.369 e. The summed E-state index contributed by atoms with van der Waals surface area (Å²) in [5.74, 6) is 2.48. The smallest absolute Gasteiger partial charge is 0.132 e. The molecule has 1 unspecified atom stereocenters. The minimum absolute atomic E-state index is 0.222. The highest BCUT2D eigenvalue weighted by molar-refractivity contribution is 5.48. The zero-order valence-electron chi connectivity index (χ0n) is 12.7. The number of aromatic nitrogens is 2. The Hall–Kier alpha value is -1.36. The van der Waals surface area contributed by atoms with Crippen LogP contribution in [0.15, 0.2) is 6.07 Å². The highest BCUT2D eigenvalue weighted by Crippen LogP contribution is 2.17. The third-order valence-corrected chi connectivity index (χ3v) is 2.63. The zero-order valence-corrected chi connectivity index (χ0v) is 12.7. The number of nitrogens with one attached hydrogen (secondary N) is 2. The van der Waals surface area contributed by atoms with Crippen LogP contribution in [0.5, 0.6) is 0 Å². The number of hydrogen-bond acceptors (Lipinski definition) is 5. The van der Waals surface area contributed by atoms with Gasteiger partial charge in [-0.2, -0.15) is 0 Å². The first kappa shape index (κ1) is 15.7. The van der Waals surface area contributed by atoms with Crippen molar-refractivity contribution in [3.63, 3.8) is 0 Å². The van der Waals surface area contributed by atoms with E-state index in [1.54, 1.807) is 0 Å². The minimum atomic E-state index is 0.222. The van der Waals surface area contributed by atoms with Gasteiger partial charge in [0, 0.05) is 18.7 Å². The molecule has 0 saturated carbocycles. The summed E-state index contributed by atoms with van der Waals surface area (Å²) in [5, 5.41) is 6.71. The standard InChI is InChI=1S/C14H27N5/c1-10(6-7-15)17-13-8-12(18-11(2)19-13)16-9-14(3,4)5/h8,10H,6-7,9,15H2,1-5H3,(H2,16,17,18,19). The van der Waals surface area contributed by atoms with E-state index in [-0.39, 0.29) is 5.41 Å². The molecule has 1 heterocycles. The number of rotatable bonds is 6. The molecule has 0 aliphatic carbocycles. The molecule has 1 aromatic heterocycles. The summed E-state index contributed by atoms with van der Waals surface area (Å²) >= 11 is 0. The van der Waals surface area contributed by atoms with Crippen LogP contribution in [-0.4, -0.2) is 29.1 Å². The summed E-state index contributed by atoms with van der Waals surface area (Å²) in [4.78, 5) is 8.80. The van der Waals surface area contributed by atoms with E-state index < -0.39 is 0 Å². The molecule has 0 aliphatic heterocycles. The molecule has 0 bridgehead atoms. The van der Waals surface area contributed by atoms with Crippen molar-refractivity contribution >= 4 is 11.6 Å². The Bertz CT molecular complexity index is 397. The molecular weight excluding hydrogens is 238 g/mol. The average molecular weight is 265 g/mol. The molecule has 1 atom stereocenters. The van der Waals surface area contributed by atoms with E-state index in [1.807, 2.05) is 13.0 Å². The lowest BCUT2D eigenvalue weighted by molar-refractivity contribution is 0.442. The second kappa shape index (κ2) is 6.70. The molecule has 4 N–H and O–H groups in total. The zero-order chi connectivity index (χ0) is 14.5. The van der Waals surface area contributed by atoms with Crippen LogP contribution < -0.4 is 16.4 Å². The Labute approximate surface area is 116 Å². The van der Waals surface area contributed by atoms with Crippen LogP contribution in [-0.2, 0) is 0 Å². The summed E-state index contributed by atoms with van der Waals surface area (Å²) in [6.07, 6.45) is 0.924. The van der Waals surface area contributed by atoms with Crippen molar-refractivity contribution in [2.75, 3.05) is 23.7 Å². The van der Waals surface area contributed by atoms with Gasteiger partial charge in [0.05, 0.1) is 0 Å². The van der Waals surface area contributed by atoms with Gasteiger partial charge in [-0.3, -0.25) is 0 Å². The molecular formula is C14H27N5. The van der Waals surface area contributed by atoms with E-state index in [0.29, 0.717) is 12.6 Å². The summed E-state index contributed by atoms with van der Waals surface area (Å²) in [6.45, 7) is 12.1. The second-order valence-electron chi connectivity index (χ2n) is 6.22. The summed E-state index contributed by atoms with van der Waals surface area (Å²) in [6, 6.07) is 2.26. The fourth-order valence-electron chi connectivity index (χ4n) is 1.66.